The number of nitrogens with zero attached hydrogens (tertiary/aromatic N) is 1. The van der Waals surface area contributed by atoms with Crippen molar-refractivity contribution in [3.63, 3.8) is 0 Å². The first kappa shape index (κ1) is 25.4. The Morgan fingerprint density at radius 2 is 1.82 bits per heavy atom. The summed E-state index contributed by atoms with van der Waals surface area (Å²) in [6, 6.07) is 17.4. The minimum atomic E-state index is -0.216. The second-order valence-electron chi connectivity index (χ2n) is 6.83. The van der Waals surface area contributed by atoms with Gasteiger partial charge in [-0.3, -0.25) is 9.59 Å². The number of nitrogens with one attached hydrogen (secondary N) is 1. The normalized spacial score (nSPS) is 10.2. The van der Waals surface area contributed by atoms with E-state index in [4.69, 9.17) is 26.9 Å². The molecule has 3 rings (SSSR count). The van der Waals surface area contributed by atoms with Crippen LogP contribution in [0.1, 0.15) is 11.1 Å². The lowest BCUT2D eigenvalue weighted by Gasteiger charge is -2.10. The maximum atomic E-state index is 11.9. The Morgan fingerprint density at radius 1 is 1.12 bits per heavy atom. The van der Waals surface area contributed by atoms with Crippen molar-refractivity contribution >= 4 is 35.9 Å². The summed E-state index contributed by atoms with van der Waals surface area (Å²) in [7, 11) is 1.31. The number of halogens is 1. The molecular formula is C25H26ClN3O4. The molecule has 0 spiro atoms. The fraction of sp³-hybridized carbons (Fsp3) is 0.160. The Kier molecular flexibility index (Phi) is 10.4. The van der Waals surface area contributed by atoms with Crippen LogP contribution in [0.25, 0.3) is 17.2 Å². The first-order chi connectivity index (χ1) is 15.9. The summed E-state index contributed by atoms with van der Waals surface area (Å²) in [6.07, 6.45) is 4.71. The number of hydrogen-bond acceptors (Lipinski definition) is 6. The maximum Gasteiger partial charge on any atom is 0.292 e. The fourth-order valence-electron chi connectivity index (χ4n) is 2.62. The van der Waals surface area contributed by atoms with Crippen LogP contribution in [0.5, 0.6) is 5.75 Å². The number of ether oxygens (including phenoxy) is 2. The monoisotopic (exact) mass is 467 g/mol. The van der Waals surface area contributed by atoms with E-state index >= 15 is 0 Å². The van der Waals surface area contributed by atoms with Crippen molar-refractivity contribution < 1.29 is 19.1 Å². The zero-order chi connectivity index (χ0) is 24.1. The molecule has 0 aliphatic heterocycles. The van der Waals surface area contributed by atoms with Crippen LogP contribution < -0.4 is 15.8 Å². The van der Waals surface area contributed by atoms with Crippen LogP contribution in [0.15, 0.2) is 66.9 Å². The van der Waals surface area contributed by atoms with Crippen molar-refractivity contribution in [2.75, 3.05) is 26.0 Å². The lowest BCUT2D eigenvalue weighted by Crippen LogP contribution is -2.26. The Bertz CT molecular complexity index is 1070. The number of rotatable bonds is 8. The number of amides is 1. The van der Waals surface area contributed by atoms with E-state index in [2.05, 4.69) is 46.2 Å². The quantitative estimate of drug-likeness (QED) is 0.291. The Balaban J connectivity index is 0.000000890. The summed E-state index contributed by atoms with van der Waals surface area (Å²) in [5.41, 5.74) is 9.66. The third-order valence-corrected chi connectivity index (χ3v) is 4.60. The van der Waals surface area contributed by atoms with E-state index in [-0.39, 0.29) is 5.91 Å². The zero-order valence-electron chi connectivity index (χ0n) is 18.5. The topological polar surface area (TPSA) is 104 Å². The van der Waals surface area contributed by atoms with Gasteiger partial charge >= 0.3 is 0 Å². The molecule has 1 aromatic heterocycles. The molecule has 1 amide bonds. The summed E-state index contributed by atoms with van der Waals surface area (Å²) in [5, 5.41) is 3.29. The van der Waals surface area contributed by atoms with Gasteiger partial charge in [-0.25, -0.2) is 4.98 Å². The maximum absolute atomic E-state index is 11.9. The Labute approximate surface area is 198 Å². The van der Waals surface area contributed by atoms with Crippen LogP contribution >= 0.6 is 11.6 Å². The zero-order valence-corrected chi connectivity index (χ0v) is 19.2. The highest BCUT2D eigenvalue weighted by Gasteiger charge is 2.05. The predicted molar refractivity (Wildman–Crippen MR) is 131 cm³/mol. The number of aryl methyl sites for hydroxylation is 1. The van der Waals surface area contributed by atoms with Crippen molar-refractivity contribution in [1.82, 2.24) is 10.3 Å². The number of hydrogen-bond donors (Lipinski definition) is 2. The number of anilines is 1. The summed E-state index contributed by atoms with van der Waals surface area (Å²) >= 11 is 6.34. The number of nitrogen functional groups attached to an aromatic ring is 1. The standard InChI is InChI=1S/C23H22ClN3O2.C2H4O2/c1-16-2-6-18(7-3-16)19-8-9-21(20(24)14-19)29-13-12-26-23(28)11-5-17-4-10-22(25)27-15-17;1-4-2-3/h2-11,14-15H,12-13H2,1H3,(H2,25,27)(H,26,28);2H,1H3/b11-5+;. The number of methoxy groups -OCH3 is 1. The first-order valence-corrected chi connectivity index (χ1v) is 10.4. The average molecular weight is 468 g/mol. The molecule has 8 heteroatoms. The van der Waals surface area contributed by atoms with E-state index < -0.39 is 0 Å². The van der Waals surface area contributed by atoms with Crippen LogP contribution in [0, 0.1) is 6.92 Å². The molecule has 3 N–H and O–H groups in total. The van der Waals surface area contributed by atoms with Gasteiger partial charge in [-0.15, -0.1) is 0 Å². The SMILES string of the molecule is COC=O.Cc1ccc(-c2ccc(OCCNC(=O)/C=C/c3ccc(N)nc3)c(Cl)c2)cc1. The molecule has 0 saturated carbocycles. The van der Waals surface area contributed by atoms with Gasteiger partial charge in [0.2, 0.25) is 5.91 Å². The second-order valence-corrected chi connectivity index (χ2v) is 7.24. The number of carbonyl (C=O) groups excluding carboxylic acids is 2. The van der Waals surface area contributed by atoms with Gasteiger partial charge in [0.1, 0.15) is 18.2 Å². The van der Waals surface area contributed by atoms with Crippen molar-refractivity contribution in [3.05, 3.63) is 83.0 Å². The number of benzene rings is 2. The molecule has 2 aromatic carbocycles. The van der Waals surface area contributed by atoms with E-state index in [1.54, 1.807) is 24.4 Å². The third-order valence-electron chi connectivity index (χ3n) is 4.31. The molecule has 3 aromatic rings. The van der Waals surface area contributed by atoms with Crippen LogP contribution in [0.2, 0.25) is 5.02 Å². The summed E-state index contributed by atoms with van der Waals surface area (Å²) in [6.45, 7) is 3.10. The molecule has 0 bridgehead atoms. The molecule has 172 valence electrons. The van der Waals surface area contributed by atoms with E-state index in [9.17, 15) is 4.79 Å². The van der Waals surface area contributed by atoms with E-state index in [0.717, 1.165) is 16.7 Å². The molecule has 0 aliphatic carbocycles. The van der Waals surface area contributed by atoms with E-state index in [1.165, 1.54) is 18.7 Å². The van der Waals surface area contributed by atoms with Gasteiger partial charge in [-0.05, 0) is 54.0 Å². The number of carbonyl (C=O) groups is 2. The highest BCUT2D eigenvalue weighted by atomic mass is 35.5. The molecule has 7 nitrogen and oxygen atoms in total. The smallest absolute Gasteiger partial charge is 0.292 e. The van der Waals surface area contributed by atoms with Crippen LogP contribution in [0.3, 0.4) is 0 Å². The van der Waals surface area contributed by atoms with Gasteiger partial charge in [0, 0.05) is 12.3 Å². The summed E-state index contributed by atoms with van der Waals surface area (Å²) < 4.78 is 9.54. The Morgan fingerprint density at radius 3 is 2.42 bits per heavy atom. The van der Waals surface area contributed by atoms with Gasteiger partial charge in [0.25, 0.3) is 6.47 Å². The van der Waals surface area contributed by atoms with Crippen LogP contribution in [-0.2, 0) is 14.3 Å². The first-order valence-electron chi connectivity index (χ1n) is 10.1. The van der Waals surface area contributed by atoms with Gasteiger partial charge in [-0.2, -0.15) is 0 Å². The van der Waals surface area contributed by atoms with Crippen LogP contribution in [0.4, 0.5) is 5.82 Å². The molecule has 0 aliphatic rings. The van der Waals surface area contributed by atoms with Gasteiger partial charge < -0.3 is 20.5 Å². The third kappa shape index (κ3) is 9.04. The highest BCUT2D eigenvalue weighted by molar-refractivity contribution is 6.32. The lowest BCUT2D eigenvalue weighted by molar-refractivity contribution is -0.126. The lowest BCUT2D eigenvalue weighted by atomic mass is 10.0. The summed E-state index contributed by atoms with van der Waals surface area (Å²) in [4.78, 5) is 24.8. The Hall–Kier alpha value is -3.84. The van der Waals surface area contributed by atoms with E-state index in [0.29, 0.717) is 36.2 Å². The molecule has 0 unspecified atom stereocenters. The van der Waals surface area contributed by atoms with Crippen molar-refractivity contribution in [1.29, 1.82) is 0 Å². The largest absolute Gasteiger partial charge is 0.490 e. The predicted octanol–water partition coefficient (Wildman–Crippen LogP) is 4.29. The van der Waals surface area contributed by atoms with E-state index in [1.807, 2.05) is 18.2 Å². The van der Waals surface area contributed by atoms with Crippen molar-refractivity contribution in [3.8, 4) is 16.9 Å². The molecule has 0 fully saturated rings. The molecule has 33 heavy (non-hydrogen) atoms. The average Bonchev–Trinajstić information content (AvgIpc) is 2.83. The fourth-order valence-corrected chi connectivity index (χ4v) is 2.86. The molecule has 0 radical (unpaired) electrons. The molecule has 0 saturated heterocycles. The van der Waals surface area contributed by atoms with Crippen molar-refractivity contribution in [2.45, 2.75) is 6.92 Å². The number of aromatic nitrogens is 1. The molecular weight excluding hydrogens is 442 g/mol. The number of nitrogens with two attached hydrogens (primary N) is 1. The summed E-state index contributed by atoms with van der Waals surface area (Å²) in [5.74, 6) is 0.806. The number of pyridine rings is 1. The second kappa shape index (κ2) is 13.5. The minimum Gasteiger partial charge on any atom is -0.490 e. The molecule has 0 atom stereocenters. The molecule has 1 heterocycles. The van der Waals surface area contributed by atoms with Crippen LogP contribution in [-0.4, -0.2) is 37.6 Å². The van der Waals surface area contributed by atoms with Crippen molar-refractivity contribution in [2.24, 2.45) is 0 Å². The van der Waals surface area contributed by atoms with Gasteiger partial charge in [0.15, 0.2) is 0 Å². The highest BCUT2D eigenvalue weighted by Crippen LogP contribution is 2.30. The van der Waals surface area contributed by atoms with Gasteiger partial charge in [0.05, 0.1) is 18.7 Å². The minimum absolute atomic E-state index is 0.216. The van der Waals surface area contributed by atoms with Gasteiger partial charge in [-0.1, -0.05) is 47.5 Å².